The Morgan fingerprint density at radius 1 is 1.06 bits per heavy atom. The van der Waals surface area contributed by atoms with E-state index in [1.807, 2.05) is 31.2 Å². The molecular weight excluding hydrogens is 438 g/mol. The van der Waals surface area contributed by atoms with E-state index in [0.29, 0.717) is 33.6 Å². The lowest BCUT2D eigenvalue weighted by Gasteiger charge is -2.22. The Kier molecular flexibility index (Phi) is 6.55. The molecule has 1 aromatic heterocycles. The summed E-state index contributed by atoms with van der Waals surface area (Å²) in [6.45, 7) is 6.44. The molecule has 0 bridgehead atoms. The SMILES string of the molecule is CCCCOc1ccc(C(O)=C2C(=O)C(=O)N(c3nnc(C)s3)[C@H]2c2ccc(C)cc2)cc1. The third-order valence-corrected chi connectivity index (χ3v) is 6.29. The highest BCUT2D eigenvalue weighted by Crippen LogP contribution is 2.43. The van der Waals surface area contributed by atoms with Crippen molar-refractivity contribution in [1.82, 2.24) is 10.2 Å². The second-order valence-corrected chi connectivity index (χ2v) is 9.07. The number of anilines is 1. The molecule has 7 nitrogen and oxygen atoms in total. The molecule has 0 radical (unpaired) electrons. The Hall–Kier alpha value is -3.52. The van der Waals surface area contributed by atoms with E-state index in [9.17, 15) is 14.7 Å². The van der Waals surface area contributed by atoms with Gasteiger partial charge in [-0.05, 0) is 50.1 Å². The minimum atomic E-state index is -0.807. The van der Waals surface area contributed by atoms with Crippen molar-refractivity contribution in [1.29, 1.82) is 0 Å². The van der Waals surface area contributed by atoms with Gasteiger partial charge in [-0.1, -0.05) is 54.5 Å². The number of carbonyl (C=O) groups excluding carboxylic acids is 2. The van der Waals surface area contributed by atoms with E-state index < -0.39 is 17.7 Å². The van der Waals surface area contributed by atoms with Crippen molar-refractivity contribution in [2.75, 3.05) is 11.5 Å². The number of aromatic nitrogens is 2. The first-order valence-electron chi connectivity index (χ1n) is 10.8. The average molecular weight is 464 g/mol. The Morgan fingerprint density at radius 3 is 2.36 bits per heavy atom. The summed E-state index contributed by atoms with van der Waals surface area (Å²) in [7, 11) is 0. The normalized spacial score (nSPS) is 17.5. The van der Waals surface area contributed by atoms with Gasteiger partial charge in [0, 0.05) is 5.56 Å². The second kappa shape index (κ2) is 9.54. The summed E-state index contributed by atoms with van der Waals surface area (Å²) in [5.41, 5.74) is 2.20. The van der Waals surface area contributed by atoms with Crippen LogP contribution >= 0.6 is 11.3 Å². The molecule has 1 fully saturated rings. The molecule has 1 atom stereocenters. The van der Waals surface area contributed by atoms with Crippen LogP contribution in [-0.2, 0) is 9.59 Å². The zero-order valence-electron chi connectivity index (χ0n) is 18.7. The maximum Gasteiger partial charge on any atom is 0.301 e. The third-order valence-electron chi connectivity index (χ3n) is 5.45. The van der Waals surface area contributed by atoms with Crippen molar-refractivity contribution in [2.24, 2.45) is 0 Å². The van der Waals surface area contributed by atoms with Crippen molar-refractivity contribution in [2.45, 2.75) is 39.7 Å². The lowest BCUT2D eigenvalue weighted by Crippen LogP contribution is -2.29. The first-order valence-corrected chi connectivity index (χ1v) is 11.6. The number of nitrogens with zero attached hydrogens (tertiary/aromatic N) is 3. The number of benzene rings is 2. The number of rotatable bonds is 7. The molecule has 8 heteroatoms. The van der Waals surface area contributed by atoms with E-state index in [1.54, 1.807) is 31.2 Å². The van der Waals surface area contributed by atoms with Crippen LogP contribution in [0.15, 0.2) is 54.1 Å². The Labute approximate surface area is 196 Å². The summed E-state index contributed by atoms with van der Waals surface area (Å²) < 4.78 is 5.68. The van der Waals surface area contributed by atoms with E-state index in [1.165, 1.54) is 16.2 Å². The van der Waals surface area contributed by atoms with Crippen LogP contribution in [0.3, 0.4) is 0 Å². The number of Topliss-reactive ketones (excluding diaryl/α,β-unsaturated/α-hetero) is 1. The molecule has 1 saturated heterocycles. The number of hydrogen-bond acceptors (Lipinski definition) is 7. The number of carbonyl (C=O) groups is 2. The van der Waals surface area contributed by atoms with E-state index in [0.717, 1.165) is 18.4 Å². The van der Waals surface area contributed by atoms with Crippen molar-refractivity contribution in [3.05, 3.63) is 75.8 Å². The smallest absolute Gasteiger partial charge is 0.301 e. The second-order valence-electron chi connectivity index (χ2n) is 7.91. The number of ketones is 1. The molecule has 1 aliphatic heterocycles. The van der Waals surface area contributed by atoms with Gasteiger partial charge in [0.1, 0.15) is 16.5 Å². The van der Waals surface area contributed by atoms with Gasteiger partial charge in [0.25, 0.3) is 5.78 Å². The van der Waals surface area contributed by atoms with E-state index in [-0.39, 0.29) is 11.3 Å². The summed E-state index contributed by atoms with van der Waals surface area (Å²) in [6.07, 6.45) is 1.99. The molecule has 0 aliphatic carbocycles. The largest absolute Gasteiger partial charge is 0.507 e. The molecule has 170 valence electrons. The molecule has 0 spiro atoms. The zero-order valence-corrected chi connectivity index (χ0v) is 19.6. The fraction of sp³-hybridized carbons (Fsp3) is 0.280. The maximum atomic E-state index is 13.1. The number of unbranched alkanes of at least 4 members (excludes halogenated alkanes) is 1. The highest BCUT2D eigenvalue weighted by Gasteiger charge is 2.48. The Balaban J connectivity index is 1.78. The topological polar surface area (TPSA) is 92.6 Å². The van der Waals surface area contributed by atoms with Crippen LogP contribution in [0.2, 0.25) is 0 Å². The summed E-state index contributed by atoms with van der Waals surface area (Å²) in [4.78, 5) is 27.5. The predicted octanol–water partition coefficient (Wildman–Crippen LogP) is 4.96. The quantitative estimate of drug-likeness (QED) is 0.230. The summed E-state index contributed by atoms with van der Waals surface area (Å²) in [5, 5.41) is 20.3. The molecule has 2 aromatic carbocycles. The van der Waals surface area contributed by atoms with Crippen molar-refractivity contribution in [3.8, 4) is 5.75 Å². The minimum Gasteiger partial charge on any atom is -0.507 e. The summed E-state index contributed by atoms with van der Waals surface area (Å²) in [5.74, 6) is -1.05. The van der Waals surface area contributed by atoms with Gasteiger partial charge in [0.2, 0.25) is 5.13 Å². The van der Waals surface area contributed by atoms with Crippen molar-refractivity contribution >= 4 is 33.9 Å². The van der Waals surface area contributed by atoms with Gasteiger partial charge in [-0.15, -0.1) is 10.2 Å². The molecule has 1 amide bonds. The van der Waals surface area contributed by atoms with Crippen LogP contribution < -0.4 is 9.64 Å². The number of hydrogen-bond donors (Lipinski definition) is 1. The molecule has 2 heterocycles. The molecule has 0 saturated carbocycles. The highest BCUT2D eigenvalue weighted by molar-refractivity contribution is 7.15. The Bertz CT molecular complexity index is 1200. The van der Waals surface area contributed by atoms with E-state index in [2.05, 4.69) is 17.1 Å². The van der Waals surface area contributed by atoms with E-state index in [4.69, 9.17) is 4.74 Å². The van der Waals surface area contributed by atoms with Crippen molar-refractivity contribution in [3.63, 3.8) is 0 Å². The zero-order chi connectivity index (χ0) is 23.5. The van der Waals surface area contributed by atoms with Crippen LogP contribution in [0.1, 0.15) is 47.5 Å². The molecule has 1 N–H and O–H groups in total. The van der Waals surface area contributed by atoms with Crippen LogP contribution in [-0.4, -0.2) is 33.6 Å². The third kappa shape index (κ3) is 4.52. The van der Waals surface area contributed by atoms with Gasteiger partial charge in [0.05, 0.1) is 18.2 Å². The minimum absolute atomic E-state index is 0.0244. The standard InChI is InChI=1S/C25H25N3O4S/c1-4-5-14-32-19-12-10-18(11-13-19)22(29)20-21(17-8-6-15(2)7-9-17)28(24(31)23(20)30)25-27-26-16(3)33-25/h6-13,21,29H,4-5,14H2,1-3H3/t21-/m0/s1. The lowest BCUT2D eigenvalue weighted by molar-refractivity contribution is -0.132. The molecule has 4 rings (SSSR count). The average Bonchev–Trinajstić information content (AvgIpc) is 3.35. The van der Waals surface area contributed by atoms with Gasteiger partial charge in [-0.3, -0.25) is 14.5 Å². The summed E-state index contributed by atoms with van der Waals surface area (Å²) >= 11 is 1.22. The molecule has 1 aliphatic rings. The lowest BCUT2D eigenvalue weighted by atomic mass is 9.95. The van der Waals surface area contributed by atoms with Gasteiger partial charge in [0.15, 0.2) is 0 Å². The van der Waals surface area contributed by atoms with Gasteiger partial charge >= 0.3 is 5.91 Å². The molecule has 33 heavy (non-hydrogen) atoms. The fourth-order valence-electron chi connectivity index (χ4n) is 3.68. The molecule has 0 unspecified atom stereocenters. The number of amides is 1. The number of aliphatic hydroxyl groups is 1. The van der Waals surface area contributed by atoms with Crippen molar-refractivity contribution < 1.29 is 19.4 Å². The molecule has 3 aromatic rings. The first-order chi connectivity index (χ1) is 15.9. The number of aliphatic hydroxyl groups excluding tert-OH is 1. The van der Waals surface area contributed by atoms with Crippen LogP contribution in [0, 0.1) is 13.8 Å². The van der Waals surface area contributed by atoms with Crippen LogP contribution in [0.4, 0.5) is 5.13 Å². The predicted molar refractivity (Wildman–Crippen MR) is 127 cm³/mol. The fourth-order valence-corrected chi connectivity index (χ4v) is 4.39. The summed E-state index contributed by atoms with van der Waals surface area (Å²) in [6, 6.07) is 13.6. The molecular formula is C25H25N3O4S. The van der Waals surface area contributed by atoms with Crippen LogP contribution in [0.5, 0.6) is 5.75 Å². The monoisotopic (exact) mass is 463 g/mol. The van der Waals surface area contributed by atoms with E-state index >= 15 is 0 Å². The number of aryl methyl sites for hydroxylation is 2. The first kappa shape index (κ1) is 22.7. The Morgan fingerprint density at radius 2 is 1.76 bits per heavy atom. The number of ether oxygens (including phenoxy) is 1. The van der Waals surface area contributed by atoms with Gasteiger partial charge in [-0.2, -0.15) is 0 Å². The van der Waals surface area contributed by atoms with Crippen LogP contribution in [0.25, 0.3) is 5.76 Å². The van der Waals surface area contributed by atoms with Gasteiger partial charge in [-0.25, -0.2) is 0 Å². The van der Waals surface area contributed by atoms with Gasteiger partial charge < -0.3 is 9.84 Å². The maximum absolute atomic E-state index is 13.1. The highest BCUT2D eigenvalue weighted by atomic mass is 32.1.